The number of rotatable bonds is 4. The number of carbonyl (C=O) groups is 1. The molecule has 1 aromatic carbocycles. The predicted octanol–water partition coefficient (Wildman–Crippen LogP) is 1.69. The zero-order valence-electron chi connectivity index (χ0n) is 16.6. The van der Waals surface area contributed by atoms with E-state index in [0.29, 0.717) is 18.1 Å². The van der Waals surface area contributed by atoms with Gasteiger partial charge in [0, 0.05) is 25.0 Å². The molecule has 3 aliphatic rings. The Bertz CT molecular complexity index is 1180. The van der Waals surface area contributed by atoms with E-state index < -0.39 is 0 Å². The predicted molar refractivity (Wildman–Crippen MR) is 111 cm³/mol. The third kappa shape index (κ3) is 2.97. The van der Waals surface area contributed by atoms with E-state index >= 15 is 0 Å². The van der Waals surface area contributed by atoms with E-state index in [1.807, 2.05) is 30.5 Å². The molecular formula is C20H18N9O2-. The second kappa shape index (κ2) is 6.77. The number of aromatic nitrogens is 4. The molecule has 11 nitrogen and oxygen atoms in total. The first-order chi connectivity index (χ1) is 15.2. The number of hydrogen-bond donors (Lipinski definition) is 1. The smallest absolute Gasteiger partial charge is 0.415 e. The molecule has 0 saturated carbocycles. The molecule has 0 unspecified atom stereocenters. The maximum absolute atomic E-state index is 12.5. The fraction of sp³-hybridized carbons (Fsp3) is 0.250. The molecule has 6 rings (SSSR count). The average Bonchev–Trinajstić information content (AvgIpc) is 3.55. The molecule has 156 valence electrons. The Hall–Kier alpha value is -3.99. The number of benzene rings is 1. The minimum Gasteiger partial charge on any atom is -0.442 e. The van der Waals surface area contributed by atoms with Crippen molar-refractivity contribution in [3.63, 3.8) is 0 Å². The van der Waals surface area contributed by atoms with Crippen molar-refractivity contribution in [2.24, 2.45) is 5.10 Å². The van der Waals surface area contributed by atoms with Gasteiger partial charge >= 0.3 is 6.09 Å². The van der Waals surface area contributed by atoms with Crippen LogP contribution in [0.3, 0.4) is 0 Å². The second-order valence-corrected chi connectivity index (χ2v) is 7.62. The number of amides is 1. The summed E-state index contributed by atoms with van der Waals surface area (Å²) in [6, 6.07) is 9.95. The van der Waals surface area contributed by atoms with Crippen LogP contribution in [0.2, 0.25) is 0 Å². The number of ether oxygens (including phenoxy) is 1. The van der Waals surface area contributed by atoms with Gasteiger partial charge in [-0.15, -0.1) is 5.10 Å². The number of hydrazine groups is 1. The summed E-state index contributed by atoms with van der Waals surface area (Å²) in [7, 11) is 1.77. The molecular weight excluding hydrogens is 398 g/mol. The fourth-order valence-corrected chi connectivity index (χ4v) is 4.24. The van der Waals surface area contributed by atoms with Gasteiger partial charge in [0.15, 0.2) is 0 Å². The molecule has 11 heteroatoms. The van der Waals surface area contributed by atoms with Gasteiger partial charge in [-0.05, 0) is 41.6 Å². The van der Waals surface area contributed by atoms with Crippen molar-refractivity contribution in [2.45, 2.75) is 25.1 Å². The third-order valence-corrected chi connectivity index (χ3v) is 5.69. The number of amidine groups is 1. The molecule has 1 fully saturated rings. The molecule has 2 atom stereocenters. The van der Waals surface area contributed by atoms with Crippen molar-refractivity contribution in [2.75, 3.05) is 11.9 Å². The van der Waals surface area contributed by atoms with Crippen LogP contribution in [-0.4, -0.2) is 56.2 Å². The lowest BCUT2D eigenvalue weighted by Gasteiger charge is -2.16. The van der Waals surface area contributed by atoms with Gasteiger partial charge in [-0.25, -0.2) is 15.0 Å². The molecule has 0 aliphatic carbocycles. The van der Waals surface area contributed by atoms with Gasteiger partial charge in [0.1, 0.15) is 6.10 Å². The first kappa shape index (κ1) is 17.8. The highest BCUT2D eigenvalue weighted by atomic mass is 16.6. The van der Waals surface area contributed by atoms with Crippen molar-refractivity contribution >= 4 is 17.6 Å². The normalized spacial score (nSPS) is 21.6. The summed E-state index contributed by atoms with van der Waals surface area (Å²) in [6.45, 7) is 0.484. The van der Waals surface area contributed by atoms with Crippen molar-refractivity contribution in [1.29, 1.82) is 0 Å². The highest BCUT2D eigenvalue weighted by Crippen LogP contribution is 2.40. The molecule has 3 aromatic rings. The van der Waals surface area contributed by atoms with E-state index in [4.69, 9.17) is 4.74 Å². The number of carbonyl (C=O) groups excluding carboxylic acids is 1. The maximum atomic E-state index is 12.5. The number of hydrazone groups is 1. The van der Waals surface area contributed by atoms with Crippen molar-refractivity contribution in [3.05, 3.63) is 65.6 Å². The molecule has 1 saturated heterocycles. The van der Waals surface area contributed by atoms with Crippen molar-refractivity contribution in [3.8, 4) is 11.1 Å². The summed E-state index contributed by atoms with van der Waals surface area (Å²) in [5, 5.41) is 13.6. The Morgan fingerprint density at radius 1 is 1.26 bits per heavy atom. The SMILES string of the molecule is CN1N=C(c2ccc(-c3ccc4c(c3)C[C@H]3[C@H](Cn5ccnn5)OC(=O)N43)cn2)[N-]N1. The molecule has 31 heavy (non-hydrogen) atoms. The quantitative estimate of drug-likeness (QED) is 0.688. The molecule has 2 aromatic heterocycles. The standard InChI is InChI=1S/C20H18N9O2/c1-27-24-19(23-26-27)15-4-2-13(10-21-15)12-3-5-16-14(8-12)9-17-18(31-20(30)29(16)17)11-28-7-6-22-25-28/h2-8,10,17-18H,9,11H2,1H3,(H-,21,22,23,24,25,26)/q-1/t17-,18-/m0/s1. The number of anilines is 1. The lowest BCUT2D eigenvalue weighted by Crippen LogP contribution is -2.35. The average molecular weight is 416 g/mol. The Morgan fingerprint density at radius 2 is 2.16 bits per heavy atom. The van der Waals surface area contributed by atoms with Crippen LogP contribution in [0.5, 0.6) is 0 Å². The third-order valence-electron chi connectivity index (χ3n) is 5.69. The Morgan fingerprint density at radius 3 is 2.90 bits per heavy atom. The van der Waals surface area contributed by atoms with Gasteiger partial charge in [0.25, 0.3) is 0 Å². The van der Waals surface area contributed by atoms with E-state index in [9.17, 15) is 4.79 Å². The van der Waals surface area contributed by atoms with Gasteiger partial charge in [0.05, 0.1) is 30.2 Å². The molecule has 3 aliphatic heterocycles. The molecule has 0 radical (unpaired) electrons. The molecule has 0 bridgehead atoms. The summed E-state index contributed by atoms with van der Waals surface area (Å²) >= 11 is 0. The van der Waals surface area contributed by atoms with E-state index in [1.54, 1.807) is 29.0 Å². The Balaban J connectivity index is 1.25. The van der Waals surface area contributed by atoms with Gasteiger partial charge in [-0.2, -0.15) is 0 Å². The van der Waals surface area contributed by atoms with Gasteiger partial charge in [-0.1, -0.05) is 17.3 Å². The van der Waals surface area contributed by atoms with Gasteiger partial charge in [0.2, 0.25) is 0 Å². The number of hydrogen-bond acceptors (Lipinski definition) is 8. The van der Waals surface area contributed by atoms with Crippen LogP contribution < -0.4 is 10.4 Å². The van der Waals surface area contributed by atoms with Crippen LogP contribution in [0.15, 0.2) is 54.0 Å². The van der Waals surface area contributed by atoms with E-state index in [-0.39, 0.29) is 18.2 Å². The summed E-state index contributed by atoms with van der Waals surface area (Å²) in [5.74, 6) is 0.542. The number of nitrogens with zero attached hydrogens (tertiary/aromatic N) is 8. The Labute approximate surface area is 177 Å². The van der Waals surface area contributed by atoms with Crippen molar-refractivity contribution in [1.82, 2.24) is 30.6 Å². The van der Waals surface area contributed by atoms with Crippen LogP contribution >= 0.6 is 0 Å². The highest BCUT2D eigenvalue weighted by Gasteiger charge is 2.47. The van der Waals surface area contributed by atoms with Crippen molar-refractivity contribution < 1.29 is 9.53 Å². The topological polar surface area (TPSA) is 115 Å². The number of fused-ring (bicyclic) bond motifs is 3. The molecule has 1 amide bonds. The largest absolute Gasteiger partial charge is 0.442 e. The summed E-state index contributed by atoms with van der Waals surface area (Å²) in [4.78, 5) is 18.8. The fourth-order valence-electron chi connectivity index (χ4n) is 4.24. The number of pyridine rings is 1. The highest BCUT2D eigenvalue weighted by molar-refractivity contribution is 6.06. The molecule has 5 heterocycles. The monoisotopic (exact) mass is 416 g/mol. The first-order valence-electron chi connectivity index (χ1n) is 9.88. The van der Waals surface area contributed by atoms with Crippen LogP contribution in [0.25, 0.3) is 16.6 Å². The van der Waals surface area contributed by atoms with Crippen LogP contribution in [0, 0.1) is 0 Å². The number of cyclic esters (lactones) is 1. The van der Waals surface area contributed by atoms with E-state index in [2.05, 4.69) is 37.4 Å². The maximum Gasteiger partial charge on any atom is 0.415 e. The lowest BCUT2D eigenvalue weighted by atomic mass is 10.0. The first-order valence-corrected chi connectivity index (χ1v) is 9.88. The van der Waals surface area contributed by atoms with Crippen LogP contribution in [0.4, 0.5) is 10.5 Å². The molecule has 1 N–H and O–H groups in total. The van der Waals surface area contributed by atoms with E-state index in [0.717, 1.165) is 28.8 Å². The second-order valence-electron chi connectivity index (χ2n) is 7.62. The lowest BCUT2D eigenvalue weighted by molar-refractivity contribution is 0.117. The number of nitrogens with one attached hydrogen (secondary N) is 1. The zero-order chi connectivity index (χ0) is 20.9. The molecule has 0 spiro atoms. The van der Waals surface area contributed by atoms with Crippen LogP contribution in [-0.2, 0) is 17.7 Å². The summed E-state index contributed by atoms with van der Waals surface area (Å²) in [5.41, 5.74) is 11.6. The summed E-state index contributed by atoms with van der Waals surface area (Å²) in [6.07, 6.45) is 5.34. The zero-order valence-corrected chi connectivity index (χ0v) is 16.6. The van der Waals surface area contributed by atoms with Crippen LogP contribution in [0.1, 0.15) is 11.3 Å². The Kier molecular flexibility index (Phi) is 3.90. The minimum absolute atomic E-state index is 0.0473. The van der Waals surface area contributed by atoms with Gasteiger partial charge in [-0.3, -0.25) is 9.88 Å². The van der Waals surface area contributed by atoms with E-state index in [1.165, 1.54) is 5.12 Å². The minimum atomic E-state index is -0.313. The summed E-state index contributed by atoms with van der Waals surface area (Å²) < 4.78 is 7.29. The van der Waals surface area contributed by atoms with Gasteiger partial charge < -0.3 is 20.4 Å².